The van der Waals surface area contributed by atoms with Crippen LogP contribution in [0.1, 0.15) is 25.7 Å². The highest BCUT2D eigenvalue weighted by molar-refractivity contribution is 7.98. The zero-order chi connectivity index (χ0) is 15.5. The zero-order valence-corrected chi connectivity index (χ0v) is 13.7. The number of carboxylic acid groups (broad SMARTS) is 1. The van der Waals surface area contributed by atoms with Crippen LogP contribution in [0.4, 0.5) is 4.79 Å². The molecular weight excluding hydrogens is 290 g/mol. The number of nitrogens with zero attached hydrogens (tertiary/aromatic N) is 2. The van der Waals surface area contributed by atoms with E-state index in [4.69, 9.17) is 5.11 Å². The van der Waals surface area contributed by atoms with Crippen LogP contribution in [0.25, 0.3) is 0 Å². The Hall–Kier alpha value is -0.950. The molecule has 21 heavy (non-hydrogen) atoms. The van der Waals surface area contributed by atoms with Gasteiger partial charge in [0, 0.05) is 32.7 Å². The number of thioether (sulfide) groups is 1. The van der Waals surface area contributed by atoms with Gasteiger partial charge in [-0.3, -0.25) is 9.69 Å². The Kier molecular flexibility index (Phi) is 9.25. The minimum atomic E-state index is -0.811. The van der Waals surface area contributed by atoms with E-state index in [0.717, 1.165) is 19.4 Å². The molecule has 0 aromatic carbocycles. The summed E-state index contributed by atoms with van der Waals surface area (Å²) in [6.45, 7) is 3.27. The number of hydrogen-bond donors (Lipinski definition) is 2. The summed E-state index contributed by atoms with van der Waals surface area (Å²) in [5, 5.41) is 11.7. The van der Waals surface area contributed by atoms with Gasteiger partial charge in [-0.25, -0.2) is 4.79 Å². The van der Waals surface area contributed by atoms with Gasteiger partial charge in [0.2, 0.25) is 0 Å². The molecule has 0 aliphatic carbocycles. The molecule has 7 heteroatoms. The molecule has 0 radical (unpaired) electrons. The number of urea groups is 1. The summed E-state index contributed by atoms with van der Waals surface area (Å²) >= 11 is 1.88. The van der Waals surface area contributed by atoms with Crippen molar-refractivity contribution in [3.63, 3.8) is 0 Å². The van der Waals surface area contributed by atoms with E-state index in [9.17, 15) is 9.59 Å². The van der Waals surface area contributed by atoms with Crippen LogP contribution in [0.2, 0.25) is 0 Å². The van der Waals surface area contributed by atoms with Crippen molar-refractivity contribution in [3.05, 3.63) is 0 Å². The maximum absolute atomic E-state index is 11.9. The number of unbranched alkanes of at least 4 members (excludes halogenated alkanes) is 3. The monoisotopic (exact) mass is 317 g/mol. The molecule has 1 aliphatic heterocycles. The molecule has 1 saturated heterocycles. The Morgan fingerprint density at radius 1 is 1.10 bits per heavy atom. The SMILES string of the molecule is CSCCCCCCNC(=O)N1CCN(CC(=O)O)CC1. The summed E-state index contributed by atoms with van der Waals surface area (Å²) in [6, 6.07) is -0.0194. The van der Waals surface area contributed by atoms with E-state index < -0.39 is 5.97 Å². The minimum absolute atomic E-state index is 0.0194. The van der Waals surface area contributed by atoms with Gasteiger partial charge in [-0.05, 0) is 24.9 Å². The number of carbonyl (C=O) groups excluding carboxylic acids is 1. The molecule has 1 rings (SSSR count). The summed E-state index contributed by atoms with van der Waals surface area (Å²) in [7, 11) is 0. The van der Waals surface area contributed by atoms with Crippen molar-refractivity contribution in [2.45, 2.75) is 25.7 Å². The average molecular weight is 317 g/mol. The van der Waals surface area contributed by atoms with E-state index >= 15 is 0 Å². The number of nitrogens with one attached hydrogen (secondary N) is 1. The molecule has 122 valence electrons. The molecule has 0 bridgehead atoms. The molecule has 2 N–H and O–H groups in total. The zero-order valence-electron chi connectivity index (χ0n) is 12.8. The molecule has 6 nitrogen and oxygen atoms in total. The lowest BCUT2D eigenvalue weighted by Gasteiger charge is -2.33. The van der Waals surface area contributed by atoms with Crippen molar-refractivity contribution >= 4 is 23.8 Å². The Morgan fingerprint density at radius 2 is 1.76 bits per heavy atom. The lowest BCUT2D eigenvalue weighted by molar-refractivity contribution is -0.138. The highest BCUT2D eigenvalue weighted by atomic mass is 32.2. The van der Waals surface area contributed by atoms with Crippen molar-refractivity contribution in [2.24, 2.45) is 0 Å². The lowest BCUT2D eigenvalue weighted by atomic mass is 10.2. The lowest BCUT2D eigenvalue weighted by Crippen LogP contribution is -2.52. The summed E-state index contributed by atoms with van der Waals surface area (Å²) in [5.74, 6) is 0.404. The van der Waals surface area contributed by atoms with Crippen LogP contribution < -0.4 is 5.32 Å². The summed E-state index contributed by atoms with van der Waals surface area (Å²) < 4.78 is 0. The van der Waals surface area contributed by atoms with Crippen LogP contribution >= 0.6 is 11.8 Å². The molecule has 1 aliphatic rings. The predicted molar refractivity (Wildman–Crippen MR) is 85.9 cm³/mol. The van der Waals surface area contributed by atoms with E-state index in [-0.39, 0.29) is 12.6 Å². The Morgan fingerprint density at radius 3 is 2.38 bits per heavy atom. The number of amides is 2. The first-order valence-corrected chi connectivity index (χ1v) is 8.98. The molecule has 0 saturated carbocycles. The second-order valence-corrected chi connectivity index (χ2v) is 6.28. The number of piperazine rings is 1. The third-order valence-corrected chi connectivity index (χ3v) is 4.27. The highest BCUT2D eigenvalue weighted by Crippen LogP contribution is 2.05. The fraction of sp³-hybridized carbons (Fsp3) is 0.857. The molecule has 2 amide bonds. The van der Waals surface area contributed by atoms with Crippen LogP contribution in [0.3, 0.4) is 0 Å². The number of carboxylic acids is 1. The van der Waals surface area contributed by atoms with Crippen molar-refractivity contribution in [3.8, 4) is 0 Å². The van der Waals surface area contributed by atoms with Crippen molar-refractivity contribution in [1.82, 2.24) is 15.1 Å². The fourth-order valence-electron chi connectivity index (χ4n) is 2.33. The second-order valence-electron chi connectivity index (χ2n) is 5.30. The third-order valence-electron chi connectivity index (χ3n) is 3.57. The van der Waals surface area contributed by atoms with Crippen molar-refractivity contribution in [1.29, 1.82) is 0 Å². The maximum Gasteiger partial charge on any atom is 0.317 e. The van der Waals surface area contributed by atoms with Crippen LogP contribution in [0.5, 0.6) is 0 Å². The topological polar surface area (TPSA) is 72.9 Å². The molecule has 0 aromatic heterocycles. The fourth-order valence-corrected chi connectivity index (χ4v) is 2.83. The maximum atomic E-state index is 11.9. The molecule has 1 fully saturated rings. The predicted octanol–water partition coefficient (Wildman–Crippen LogP) is 1.32. The van der Waals surface area contributed by atoms with Crippen LogP contribution in [0.15, 0.2) is 0 Å². The smallest absolute Gasteiger partial charge is 0.317 e. The van der Waals surface area contributed by atoms with Gasteiger partial charge in [0.1, 0.15) is 0 Å². The van der Waals surface area contributed by atoms with Crippen LogP contribution in [0, 0.1) is 0 Å². The Bertz CT molecular complexity index is 321. The van der Waals surface area contributed by atoms with Gasteiger partial charge < -0.3 is 15.3 Å². The molecule has 0 unspecified atom stereocenters. The average Bonchev–Trinajstić information content (AvgIpc) is 2.46. The molecule has 1 heterocycles. The molecule has 0 aromatic rings. The number of rotatable bonds is 9. The van der Waals surface area contributed by atoms with Gasteiger partial charge in [0.05, 0.1) is 6.54 Å². The highest BCUT2D eigenvalue weighted by Gasteiger charge is 2.21. The molecule has 0 spiro atoms. The second kappa shape index (κ2) is 10.7. The van der Waals surface area contributed by atoms with Gasteiger partial charge in [0.25, 0.3) is 0 Å². The van der Waals surface area contributed by atoms with Gasteiger partial charge in [-0.15, -0.1) is 0 Å². The summed E-state index contributed by atoms with van der Waals surface area (Å²) in [5.41, 5.74) is 0. The van der Waals surface area contributed by atoms with E-state index in [1.165, 1.54) is 18.6 Å². The van der Waals surface area contributed by atoms with Crippen LogP contribution in [-0.4, -0.2) is 78.2 Å². The van der Waals surface area contributed by atoms with E-state index in [0.29, 0.717) is 26.2 Å². The van der Waals surface area contributed by atoms with Crippen LogP contribution in [-0.2, 0) is 4.79 Å². The largest absolute Gasteiger partial charge is 0.480 e. The number of aliphatic carboxylic acids is 1. The summed E-state index contributed by atoms with van der Waals surface area (Å²) in [6.07, 6.45) is 6.79. The molecule has 0 atom stereocenters. The Balaban J connectivity index is 2.04. The first-order chi connectivity index (χ1) is 10.1. The minimum Gasteiger partial charge on any atom is -0.480 e. The quantitative estimate of drug-likeness (QED) is 0.628. The van der Waals surface area contributed by atoms with Crippen molar-refractivity contribution < 1.29 is 14.7 Å². The Labute approximate surface area is 131 Å². The molecular formula is C14H27N3O3S. The first-order valence-electron chi connectivity index (χ1n) is 7.59. The number of hydrogen-bond acceptors (Lipinski definition) is 4. The van der Waals surface area contributed by atoms with Gasteiger partial charge >= 0.3 is 12.0 Å². The number of carbonyl (C=O) groups is 2. The normalized spacial score (nSPS) is 16.0. The van der Waals surface area contributed by atoms with Gasteiger partial charge in [-0.2, -0.15) is 11.8 Å². The summed E-state index contributed by atoms with van der Waals surface area (Å²) in [4.78, 5) is 26.2. The van der Waals surface area contributed by atoms with E-state index in [1.54, 1.807) is 4.90 Å². The van der Waals surface area contributed by atoms with Crippen molar-refractivity contribution in [2.75, 3.05) is 51.3 Å². The van der Waals surface area contributed by atoms with Gasteiger partial charge in [-0.1, -0.05) is 12.8 Å². The third kappa shape index (κ3) is 8.16. The van der Waals surface area contributed by atoms with Gasteiger partial charge in [0.15, 0.2) is 0 Å². The van der Waals surface area contributed by atoms with E-state index in [2.05, 4.69) is 11.6 Å². The van der Waals surface area contributed by atoms with E-state index in [1.807, 2.05) is 16.7 Å². The standard InChI is InChI=1S/C14H27N3O3S/c1-21-11-5-3-2-4-6-15-14(20)17-9-7-16(8-10-17)12-13(18)19/h2-12H2,1H3,(H,15,20)(H,18,19). The first kappa shape index (κ1) is 18.1.